The van der Waals surface area contributed by atoms with E-state index in [0.717, 1.165) is 5.56 Å². The standard InChI is InChI=1S/C13H17FN2O2/c1-10(11-2-4-12(14)5-3-11)15-13(17)16-6-8-18-9-7-16/h2-5,10H,6-9H2,1H3,(H,15,17). The number of ether oxygens (including phenoxy) is 1. The largest absolute Gasteiger partial charge is 0.378 e. The SMILES string of the molecule is CC(NC(=O)N1CCOCC1)c1ccc(F)cc1. The summed E-state index contributed by atoms with van der Waals surface area (Å²) in [5.41, 5.74) is 0.887. The van der Waals surface area contributed by atoms with Crippen LogP contribution in [0.2, 0.25) is 0 Å². The molecule has 1 unspecified atom stereocenters. The normalized spacial score (nSPS) is 17.3. The lowest BCUT2D eigenvalue weighted by atomic mass is 10.1. The van der Waals surface area contributed by atoms with Crippen molar-refractivity contribution in [1.82, 2.24) is 10.2 Å². The molecule has 2 rings (SSSR count). The fourth-order valence-electron chi connectivity index (χ4n) is 1.88. The molecule has 1 fully saturated rings. The number of carbonyl (C=O) groups excluding carboxylic acids is 1. The number of nitrogens with one attached hydrogen (secondary N) is 1. The highest BCUT2D eigenvalue weighted by Crippen LogP contribution is 2.13. The summed E-state index contributed by atoms with van der Waals surface area (Å²) in [5.74, 6) is -0.273. The van der Waals surface area contributed by atoms with Gasteiger partial charge in [0.15, 0.2) is 0 Å². The van der Waals surface area contributed by atoms with Crippen LogP contribution in [0.1, 0.15) is 18.5 Å². The van der Waals surface area contributed by atoms with Crippen LogP contribution in [-0.2, 0) is 4.74 Å². The number of hydrogen-bond donors (Lipinski definition) is 1. The highest BCUT2D eigenvalue weighted by Gasteiger charge is 2.18. The first-order chi connectivity index (χ1) is 8.66. The zero-order valence-corrected chi connectivity index (χ0v) is 10.4. The van der Waals surface area contributed by atoms with Crippen molar-refractivity contribution in [1.29, 1.82) is 0 Å². The molecule has 0 bridgehead atoms. The Bertz CT molecular complexity index is 402. The van der Waals surface area contributed by atoms with E-state index >= 15 is 0 Å². The molecular formula is C13H17FN2O2. The highest BCUT2D eigenvalue weighted by atomic mass is 19.1. The Morgan fingerprint density at radius 1 is 1.33 bits per heavy atom. The molecule has 1 aliphatic heterocycles. The van der Waals surface area contributed by atoms with Gasteiger partial charge in [0.25, 0.3) is 0 Å². The van der Waals surface area contributed by atoms with Gasteiger partial charge in [0, 0.05) is 13.1 Å². The number of urea groups is 1. The molecule has 0 saturated carbocycles. The minimum Gasteiger partial charge on any atom is -0.378 e. The third kappa shape index (κ3) is 3.20. The van der Waals surface area contributed by atoms with Gasteiger partial charge in [-0.1, -0.05) is 12.1 Å². The Morgan fingerprint density at radius 2 is 1.94 bits per heavy atom. The quantitative estimate of drug-likeness (QED) is 0.873. The fraction of sp³-hybridized carbons (Fsp3) is 0.462. The number of amides is 2. The Balaban J connectivity index is 1.91. The van der Waals surface area contributed by atoms with Crippen molar-refractivity contribution in [2.45, 2.75) is 13.0 Å². The number of benzene rings is 1. The summed E-state index contributed by atoms with van der Waals surface area (Å²) >= 11 is 0. The lowest BCUT2D eigenvalue weighted by Gasteiger charge is -2.28. The van der Waals surface area contributed by atoms with Gasteiger partial charge in [-0.25, -0.2) is 9.18 Å². The molecule has 18 heavy (non-hydrogen) atoms. The van der Waals surface area contributed by atoms with Crippen molar-refractivity contribution in [3.8, 4) is 0 Å². The number of nitrogens with zero attached hydrogens (tertiary/aromatic N) is 1. The third-order valence-corrected chi connectivity index (χ3v) is 3.01. The molecule has 5 heteroatoms. The zero-order chi connectivity index (χ0) is 13.0. The molecule has 0 aliphatic carbocycles. The predicted octanol–water partition coefficient (Wildman–Crippen LogP) is 1.93. The van der Waals surface area contributed by atoms with E-state index in [1.165, 1.54) is 12.1 Å². The Hall–Kier alpha value is -1.62. The van der Waals surface area contributed by atoms with Crippen molar-refractivity contribution in [3.63, 3.8) is 0 Å². The van der Waals surface area contributed by atoms with Gasteiger partial charge in [0.1, 0.15) is 5.82 Å². The van der Waals surface area contributed by atoms with Crippen LogP contribution in [0.3, 0.4) is 0 Å². The molecule has 1 N–H and O–H groups in total. The maximum Gasteiger partial charge on any atom is 0.318 e. The molecule has 1 aromatic rings. The molecule has 2 amide bonds. The molecule has 0 aromatic heterocycles. The van der Waals surface area contributed by atoms with Crippen LogP contribution < -0.4 is 5.32 Å². The predicted molar refractivity (Wildman–Crippen MR) is 65.7 cm³/mol. The summed E-state index contributed by atoms with van der Waals surface area (Å²) in [6, 6.07) is 5.91. The summed E-state index contributed by atoms with van der Waals surface area (Å²) < 4.78 is 18.0. The first-order valence-corrected chi connectivity index (χ1v) is 6.05. The Kier molecular flexibility index (Phi) is 4.15. The van der Waals surface area contributed by atoms with Gasteiger partial charge in [-0.15, -0.1) is 0 Å². The lowest BCUT2D eigenvalue weighted by molar-refractivity contribution is 0.0526. The van der Waals surface area contributed by atoms with Gasteiger partial charge in [0.05, 0.1) is 19.3 Å². The molecular weight excluding hydrogens is 235 g/mol. The molecule has 1 saturated heterocycles. The van der Waals surface area contributed by atoms with E-state index in [4.69, 9.17) is 4.74 Å². The molecule has 1 heterocycles. The van der Waals surface area contributed by atoms with Crippen LogP contribution in [0.4, 0.5) is 9.18 Å². The Morgan fingerprint density at radius 3 is 2.56 bits per heavy atom. The van der Waals surface area contributed by atoms with Crippen LogP contribution in [0, 0.1) is 5.82 Å². The topological polar surface area (TPSA) is 41.6 Å². The van der Waals surface area contributed by atoms with Crippen LogP contribution in [0.25, 0.3) is 0 Å². The Labute approximate surface area is 106 Å². The average molecular weight is 252 g/mol. The van der Waals surface area contributed by atoms with E-state index in [1.54, 1.807) is 17.0 Å². The van der Waals surface area contributed by atoms with E-state index < -0.39 is 0 Å². The van der Waals surface area contributed by atoms with Gasteiger partial charge in [-0.2, -0.15) is 0 Å². The second-order valence-corrected chi connectivity index (χ2v) is 4.32. The van der Waals surface area contributed by atoms with E-state index in [0.29, 0.717) is 26.3 Å². The fourth-order valence-corrected chi connectivity index (χ4v) is 1.88. The minimum absolute atomic E-state index is 0.102. The number of hydrogen-bond acceptors (Lipinski definition) is 2. The maximum atomic E-state index is 12.8. The van der Waals surface area contributed by atoms with E-state index in [2.05, 4.69) is 5.32 Å². The first-order valence-electron chi connectivity index (χ1n) is 6.05. The van der Waals surface area contributed by atoms with Crippen molar-refractivity contribution in [3.05, 3.63) is 35.6 Å². The van der Waals surface area contributed by atoms with Crippen LogP contribution >= 0.6 is 0 Å². The van der Waals surface area contributed by atoms with Crippen molar-refractivity contribution in [2.75, 3.05) is 26.3 Å². The van der Waals surface area contributed by atoms with Gasteiger partial charge >= 0.3 is 6.03 Å². The number of rotatable bonds is 2. The first kappa shape index (κ1) is 12.8. The summed E-state index contributed by atoms with van der Waals surface area (Å²) in [4.78, 5) is 13.7. The average Bonchev–Trinajstić information content (AvgIpc) is 2.40. The second-order valence-electron chi connectivity index (χ2n) is 4.32. The van der Waals surface area contributed by atoms with E-state index in [1.807, 2.05) is 6.92 Å². The zero-order valence-electron chi connectivity index (χ0n) is 10.4. The number of halogens is 1. The lowest BCUT2D eigenvalue weighted by Crippen LogP contribution is -2.46. The molecule has 0 spiro atoms. The van der Waals surface area contributed by atoms with Crippen molar-refractivity contribution < 1.29 is 13.9 Å². The van der Waals surface area contributed by atoms with Crippen LogP contribution in [-0.4, -0.2) is 37.2 Å². The summed E-state index contributed by atoms with van der Waals surface area (Å²) in [6.07, 6.45) is 0. The summed E-state index contributed by atoms with van der Waals surface area (Å²) in [6.45, 7) is 4.27. The summed E-state index contributed by atoms with van der Waals surface area (Å²) in [7, 11) is 0. The van der Waals surface area contributed by atoms with Gasteiger partial charge in [-0.3, -0.25) is 0 Å². The van der Waals surface area contributed by atoms with Gasteiger partial charge in [0.2, 0.25) is 0 Å². The molecule has 1 aliphatic rings. The summed E-state index contributed by atoms with van der Waals surface area (Å²) in [5, 5.41) is 2.89. The third-order valence-electron chi connectivity index (χ3n) is 3.01. The van der Waals surface area contributed by atoms with Crippen LogP contribution in [0.5, 0.6) is 0 Å². The van der Waals surface area contributed by atoms with Crippen molar-refractivity contribution >= 4 is 6.03 Å². The van der Waals surface area contributed by atoms with E-state index in [-0.39, 0.29) is 17.9 Å². The number of morpholine rings is 1. The molecule has 98 valence electrons. The van der Waals surface area contributed by atoms with Gasteiger partial charge < -0.3 is 15.0 Å². The van der Waals surface area contributed by atoms with Gasteiger partial charge in [-0.05, 0) is 24.6 Å². The second kappa shape index (κ2) is 5.82. The van der Waals surface area contributed by atoms with E-state index in [9.17, 15) is 9.18 Å². The monoisotopic (exact) mass is 252 g/mol. The minimum atomic E-state index is -0.273. The molecule has 0 radical (unpaired) electrons. The molecule has 1 aromatic carbocycles. The van der Waals surface area contributed by atoms with Crippen molar-refractivity contribution in [2.24, 2.45) is 0 Å². The molecule has 4 nitrogen and oxygen atoms in total. The molecule has 1 atom stereocenters. The smallest absolute Gasteiger partial charge is 0.318 e. The number of carbonyl (C=O) groups is 1. The highest BCUT2D eigenvalue weighted by molar-refractivity contribution is 5.74. The van der Waals surface area contributed by atoms with Crippen LogP contribution in [0.15, 0.2) is 24.3 Å². The maximum absolute atomic E-state index is 12.8.